The molecule has 0 saturated heterocycles. The normalized spacial score (nSPS) is 12.2. The fourth-order valence-electron chi connectivity index (χ4n) is 2.38. The number of benzene rings is 2. The molecule has 2 aromatic carbocycles. The van der Waals surface area contributed by atoms with Gasteiger partial charge >= 0.3 is 0 Å². The molecule has 2 nitrogen and oxygen atoms in total. The van der Waals surface area contributed by atoms with E-state index in [1.165, 1.54) is 12.1 Å². The Balaban J connectivity index is 2.32. The maximum Gasteiger partial charge on any atom is 0.129 e. The molecule has 0 bridgehead atoms. The molecule has 0 amide bonds. The second kappa shape index (κ2) is 6.68. The van der Waals surface area contributed by atoms with Gasteiger partial charge in [0.2, 0.25) is 0 Å². The molecule has 4 heteroatoms. The zero-order chi connectivity index (χ0) is 15.4. The first kappa shape index (κ1) is 15.4. The highest BCUT2D eigenvalue weighted by atomic mass is 19.1. The zero-order valence-electron chi connectivity index (χ0n) is 12.4. The van der Waals surface area contributed by atoms with Crippen molar-refractivity contribution in [3.63, 3.8) is 0 Å². The van der Waals surface area contributed by atoms with Gasteiger partial charge in [-0.3, -0.25) is 0 Å². The largest absolute Gasteiger partial charge is 0.496 e. The summed E-state index contributed by atoms with van der Waals surface area (Å²) in [7, 11) is 3.43. The molecular weight excluding hydrogens is 272 g/mol. The lowest BCUT2D eigenvalue weighted by Crippen LogP contribution is -2.20. The Hall–Kier alpha value is -1.94. The van der Waals surface area contributed by atoms with Crippen LogP contribution in [0.4, 0.5) is 8.78 Å². The third-order valence-electron chi connectivity index (χ3n) is 3.55. The molecule has 0 aliphatic heterocycles. The minimum absolute atomic E-state index is 0.111. The summed E-state index contributed by atoms with van der Waals surface area (Å²) in [5, 5.41) is 3.16. The van der Waals surface area contributed by atoms with E-state index in [4.69, 9.17) is 4.74 Å². The fraction of sp³-hybridized carbons (Fsp3) is 0.294. The Kier molecular flexibility index (Phi) is 4.91. The fourth-order valence-corrected chi connectivity index (χ4v) is 2.38. The molecule has 0 heterocycles. The number of ether oxygens (including phenoxy) is 1. The number of hydrogen-bond acceptors (Lipinski definition) is 2. The second-order valence-corrected chi connectivity index (χ2v) is 5.03. The average Bonchev–Trinajstić information content (AvgIpc) is 2.47. The monoisotopic (exact) mass is 291 g/mol. The summed E-state index contributed by atoms with van der Waals surface area (Å²) in [6.07, 6.45) is 0.419. The van der Waals surface area contributed by atoms with E-state index in [0.29, 0.717) is 12.0 Å². The maximum atomic E-state index is 13.8. The lowest BCUT2D eigenvalue weighted by Gasteiger charge is -2.20. The van der Waals surface area contributed by atoms with Gasteiger partial charge in [0.1, 0.15) is 17.4 Å². The van der Waals surface area contributed by atoms with Crippen LogP contribution in [-0.4, -0.2) is 14.2 Å². The number of hydrogen-bond donors (Lipinski definition) is 1. The summed E-state index contributed by atoms with van der Waals surface area (Å²) in [5.74, 6) is -0.330. The number of aryl methyl sites for hydroxylation is 1. The number of rotatable bonds is 5. The van der Waals surface area contributed by atoms with Gasteiger partial charge in [-0.15, -0.1) is 0 Å². The number of nitrogens with one attached hydrogen (secondary N) is 1. The Morgan fingerprint density at radius 1 is 1.14 bits per heavy atom. The summed E-state index contributed by atoms with van der Waals surface area (Å²) in [6, 6.07) is 9.46. The molecule has 0 aliphatic rings. The van der Waals surface area contributed by atoms with Crippen molar-refractivity contribution in [2.24, 2.45) is 0 Å². The van der Waals surface area contributed by atoms with E-state index >= 15 is 0 Å². The lowest BCUT2D eigenvalue weighted by molar-refractivity contribution is 0.400. The molecule has 1 N–H and O–H groups in total. The van der Waals surface area contributed by atoms with Gasteiger partial charge in [-0.1, -0.05) is 18.2 Å². The Bertz CT molecular complexity index is 628. The standard InChI is InChI=1S/C17H19F2NO/c1-11-4-7-14(17(8-11)21-3)16(20-2)9-12-5-6-13(18)10-15(12)19/h4-8,10,16,20H,9H2,1-3H3. The highest BCUT2D eigenvalue weighted by Crippen LogP contribution is 2.29. The van der Waals surface area contributed by atoms with Crippen LogP contribution in [0, 0.1) is 18.6 Å². The van der Waals surface area contributed by atoms with E-state index in [-0.39, 0.29) is 6.04 Å². The van der Waals surface area contributed by atoms with Crippen LogP contribution < -0.4 is 10.1 Å². The molecular formula is C17H19F2NO. The van der Waals surface area contributed by atoms with Crippen molar-refractivity contribution >= 4 is 0 Å². The first-order valence-corrected chi connectivity index (χ1v) is 6.81. The van der Waals surface area contributed by atoms with Crippen LogP contribution in [0.15, 0.2) is 36.4 Å². The molecule has 2 rings (SSSR count). The van der Waals surface area contributed by atoms with Crippen LogP contribution in [0.1, 0.15) is 22.7 Å². The second-order valence-electron chi connectivity index (χ2n) is 5.03. The molecule has 2 aromatic rings. The van der Waals surface area contributed by atoms with E-state index in [2.05, 4.69) is 5.32 Å². The van der Waals surface area contributed by atoms with Gasteiger partial charge in [0.15, 0.2) is 0 Å². The molecule has 1 atom stereocenters. The topological polar surface area (TPSA) is 21.3 Å². The van der Waals surface area contributed by atoms with Gasteiger partial charge in [-0.05, 0) is 43.7 Å². The van der Waals surface area contributed by atoms with Crippen molar-refractivity contribution in [2.75, 3.05) is 14.2 Å². The van der Waals surface area contributed by atoms with E-state index in [1.807, 2.05) is 32.2 Å². The SMILES string of the molecule is CNC(Cc1ccc(F)cc1F)c1ccc(C)cc1OC. The third-order valence-corrected chi connectivity index (χ3v) is 3.55. The van der Waals surface area contributed by atoms with Crippen LogP contribution in [0.2, 0.25) is 0 Å². The Morgan fingerprint density at radius 3 is 2.52 bits per heavy atom. The lowest BCUT2D eigenvalue weighted by atomic mass is 9.97. The number of halogens is 2. The summed E-state index contributed by atoms with van der Waals surface area (Å²) >= 11 is 0. The van der Waals surface area contributed by atoms with Crippen LogP contribution in [-0.2, 0) is 6.42 Å². The van der Waals surface area contributed by atoms with Crippen molar-refractivity contribution in [3.8, 4) is 5.75 Å². The Morgan fingerprint density at radius 2 is 1.90 bits per heavy atom. The zero-order valence-corrected chi connectivity index (χ0v) is 12.4. The van der Waals surface area contributed by atoms with Crippen LogP contribution in [0.25, 0.3) is 0 Å². The molecule has 0 radical (unpaired) electrons. The van der Waals surface area contributed by atoms with Gasteiger partial charge in [0.25, 0.3) is 0 Å². The molecule has 0 fully saturated rings. The first-order valence-electron chi connectivity index (χ1n) is 6.81. The van der Waals surface area contributed by atoms with E-state index < -0.39 is 11.6 Å². The summed E-state index contributed by atoms with van der Waals surface area (Å²) in [5.41, 5.74) is 2.52. The van der Waals surface area contributed by atoms with Gasteiger partial charge < -0.3 is 10.1 Å². The summed E-state index contributed by atoms with van der Waals surface area (Å²) < 4.78 is 32.2. The van der Waals surface area contributed by atoms with Gasteiger partial charge in [-0.25, -0.2) is 8.78 Å². The molecule has 112 valence electrons. The minimum atomic E-state index is -0.565. The highest BCUT2D eigenvalue weighted by molar-refractivity contribution is 5.40. The van der Waals surface area contributed by atoms with Crippen molar-refractivity contribution in [2.45, 2.75) is 19.4 Å². The third kappa shape index (κ3) is 3.58. The molecule has 0 aromatic heterocycles. The van der Waals surface area contributed by atoms with Crippen LogP contribution in [0.3, 0.4) is 0 Å². The number of likely N-dealkylation sites (N-methyl/N-ethyl adjacent to an activating group) is 1. The predicted molar refractivity (Wildman–Crippen MR) is 79.6 cm³/mol. The molecule has 0 aliphatic carbocycles. The van der Waals surface area contributed by atoms with Crippen molar-refractivity contribution in [1.82, 2.24) is 5.32 Å². The first-order chi connectivity index (χ1) is 10.0. The van der Waals surface area contributed by atoms with E-state index in [9.17, 15) is 8.78 Å². The molecule has 1 unspecified atom stereocenters. The Labute approximate surface area is 123 Å². The van der Waals surface area contributed by atoms with Crippen molar-refractivity contribution in [3.05, 3.63) is 64.7 Å². The minimum Gasteiger partial charge on any atom is -0.496 e. The van der Waals surface area contributed by atoms with Gasteiger partial charge in [0.05, 0.1) is 7.11 Å². The van der Waals surface area contributed by atoms with Crippen LogP contribution in [0.5, 0.6) is 5.75 Å². The highest BCUT2D eigenvalue weighted by Gasteiger charge is 2.17. The molecule has 21 heavy (non-hydrogen) atoms. The van der Waals surface area contributed by atoms with Gasteiger partial charge in [0, 0.05) is 17.7 Å². The number of methoxy groups -OCH3 is 1. The van der Waals surface area contributed by atoms with E-state index in [0.717, 1.165) is 22.9 Å². The van der Waals surface area contributed by atoms with Crippen molar-refractivity contribution in [1.29, 1.82) is 0 Å². The maximum absolute atomic E-state index is 13.8. The summed E-state index contributed by atoms with van der Waals surface area (Å²) in [4.78, 5) is 0. The molecule has 0 saturated carbocycles. The van der Waals surface area contributed by atoms with Gasteiger partial charge in [-0.2, -0.15) is 0 Å². The predicted octanol–water partition coefficient (Wildman–Crippen LogP) is 3.79. The quantitative estimate of drug-likeness (QED) is 0.905. The molecule has 0 spiro atoms. The average molecular weight is 291 g/mol. The smallest absolute Gasteiger partial charge is 0.129 e. The van der Waals surface area contributed by atoms with Crippen LogP contribution >= 0.6 is 0 Å². The van der Waals surface area contributed by atoms with E-state index in [1.54, 1.807) is 7.11 Å². The van der Waals surface area contributed by atoms with Crippen molar-refractivity contribution < 1.29 is 13.5 Å². The summed E-state index contributed by atoms with van der Waals surface area (Å²) in [6.45, 7) is 1.99.